The fraction of sp³-hybridized carbons (Fsp3) is 0.857. The van der Waals surface area contributed by atoms with E-state index in [1.54, 1.807) is 0 Å². The van der Waals surface area contributed by atoms with Crippen LogP contribution in [0.1, 0.15) is 19.8 Å². The summed E-state index contributed by atoms with van der Waals surface area (Å²) in [5, 5.41) is 12.9. The molecule has 1 aliphatic rings. The van der Waals surface area contributed by atoms with Crippen LogP contribution in [0, 0.1) is 22.2 Å². The highest BCUT2D eigenvalue weighted by molar-refractivity contribution is 4.94. The number of hydrogen-bond donors (Lipinski definition) is 0. The Kier molecular flexibility index (Phi) is 2.42. The zero-order valence-corrected chi connectivity index (χ0v) is 6.53. The molecule has 0 N–H and O–H groups in total. The van der Waals surface area contributed by atoms with Crippen molar-refractivity contribution in [3.05, 3.63) is 4.91 Å². The van der Waals surface area contributed by atoms with Crippen LogP contribution in [0.3, 0.4) is 0 Å². The largest absolute Gasteiger partial charge is 0.256 e. The van der Waals surface area contributed by atoms with Crippen molar-refractivity contribution < 1.29 is 0 Å². The molecule has 4 nitrogen and oxygen atoms in total. The smallest absolute Gasteiger partial charge is 0.0676 e. The van der Waals surface area contributed by atoms with Crippen LogP contribution in [-0.2, 0) is 0 Å². The lowest BCUT2D eigenvalue weighted by atomic mass is 10.1. The minimum Gasteiger partial charge on any atom is -0.256 e. The number of nitroso groups, excluding NO2 is 1. The van der Waals surface area contributed by atoms with Gasteiger partial charge in [-0.1, -0.05) is 6.92 Å². The van der Waals surface area contributed by atoms with Crippen molar-refractivity contribution in [1.29, 1.82) is 5.26 Å². The Hall–Kier alpha value is -1.11. The molecule has 1 fully saturated rings. The molecule has 0 spiro atoms. The Bertz CT molecular complexity index is 187. The Morgan fingerprint density at radius 3 is 2.91 bits per heavy atom. The molecule has 1 aliphatic heterocycles. The lowest BCUT2D eigenvalue weighted by Crippen LogP contribution is -2.22. The maximum Gasteiger partial charge on any atom is 0.0676 e. The monoisotopic (exact) mass is 153 g/mol. The summed E-state index contributed by atoms with van der Waals surface area (Å²) in [6.07, 6.45) is 1.68. The first-order chi connectivity index (χ1) is 5.31. The second-order valence-electron chi connectivity index (χ2n) is 2.83. The Morgan fingerprint density at radius 2 is 2.55 bits per heavy atom. The van der Waals surface area contributed by atoms with Gasteiger partial charge >= 0.3 is 0 Å². The summed E-state index contributed by atoms with van der Waals surface area (Å²) in [5.74, 6) is -0.00218. The molecule has 0 aromatic carbocycles. The van der Waals surface area contributed by atoms with E-state index in [0.717, 1.165) is 12.8 Å². The summed E-state index contributed by atoms with van der Waals surface area (Å²) in [5.41, 5.74) is 0. The molecular weight excluding hydrogens is 142 g/mol. The summed E-state index contributed by atoms with van der Waals surface area (Å²) in [6, 6.07) is 2.34. The fourth-order valence-electron chi connectivity index (χ4n) is 1.47. The number of hydrogen-bond acceptors (Lipinski definition) is 3. The van der Waals surface area contributed by atoms with Crippen LogP contribution in [0.15, 0.2) is 5.29 Å². The van der Waals surface area contributed by atoms with Crippen molar-refractivity contribution in [2.75, 3.05) is 6.54 Å². The van der Waals surface area contributed by atoms with Crippen molar-refractivity contribution in [3.8, 4) is 6.07 Å². The van der Waals surface area contributed by atoms with Gasteiger partial charge in [0, 0.05) is 0 Å². The maximum atomic E-state index is 10.2. The molecule has 1 saturated heterocycles. The van der Waals surface area contributed by atoms with Crippen LogP contribution < -0.4 is 0 Å². The fourth-order valence-corrected chi connectivity index (χ4v) is 1.47. The minimum absolute atomic E-state index is 0.00218. The molecule has 60 valence electrons. The normalized spacial score (nSPS) is 30.0. The van der Waals surface area contributed by atoms with Gasteiger partial charge in [-0.3, -0.25) is 5.01 Å². The lowest BCUT2D eigenvalue weighted by molar-refractivity contribution is 0.255. The predicted molar refractivity (Wildman–Crippen MR) is 40.3 cm³/mol. The quantitative estimate of drug-likeness (QED) is 0.562. The van der Waals surface area contributed by atoms with E-state index in [9.17, 15) is 4.91 Å². The molecular formula is C7H11N3O. The standard InChI is InChI=1S/C7H11N3O/c1-2-7-3-6(4-8)5-10(7)9-11/h6-7H,2-3,5H2,1H3/t6-,7-/m1/s1. The van der Waals surface area contributed by atoms with Crippen molar-refractivity contribution in [2.45, 2.75) is 25.8 Å². The molecule has 11 heavy (non-hydrogen) atoms. The Balaban J connectivity index is 2.55. The highest BCUT2D eigenvalue weighted by Gasteiger charge is 2.30. The van der Waals surface area contributed by atoms with Gasteiger partial charge in [-0.25, -0.2) is 0 Å². The van der Waals surface area contributed by atoms with E-state index in [2.05, 4.69) is 11.4 Å². The van der Waals surface area contributed by atoms with Gasteiger partial charge in [-0.15, -0.1) is 4.91 Å². The van der Waals surface area contributed by atoms with E-state index in [1.165, 1.54) is 5.01 Å². The second kappa shape index (κ2) is 3.33. The summed E-state index contributed by atoms with van der Waals surface area (Å²) in [7, 11) is 0. The van der Waals surface area contributed by atoms with Gasteiger partial charge in [-0.2, -0.15) is 5.26 Å². The van der Waals surface area contributed by atoms with Crippen molar-refractivity contribution in [3.63, 3.8) is 0 Å². The molecule has 0 unspecified atom stereocenters. The number of rotatable bonds is 2. The van der Waals surface area contributed by atoms with Gasteiger partial charge in [0.15, 0.2) is 0 Å². The highest BCUT2D eigenvalue weighted by Crippen LogP contribution is 2.24. The van der Waals surface area contributed by atoms with Gasteiger partial charge in [0.2, 0.25) is 0 Å². The summed E-state index contributed by atoms with van der Waals surface area (Å²) >= 11 is 0. The van der Waals surface area contributed by atoms with Crippen molar-refractivity contribution in [2.24, 2.45) is 11.2 Å². The molecule has 0 saturated carbocycles. The molecule has 0 radical (unpaired) electrons. The van der Waals surface area contributed by atoms with Gasteiger partial charge in [0.1, 0.15) is 0 Å². The number of nitriles is 1. The molecule has 1 rings (SSSR count). The van der Waals surface area contributed by atoms with E-state index in [-0.39, 0.29) is 12.0 Å². The van der Waals surface area contributed by atoms with Crippen molar-refractivity contribution in [1.82, 2.24) is 5.01 Å². The van der Waals surface area contributed by atoms with Crippen LogP contribution in [0.5, 0.6) is 0 Å². The van der Waals surface area contributed by atoms with Crippen LogP contribution >= 0.6 is 0 Å². The molecule has 0 amide bonds. The third-order valence-electron chi connectivity index (χ3n) is 2.14. The van der Waals surface area contributed by atoms with Crippen LogP contribution in [0.2, 0.25) is 0 Å². The summed E-state index contributed by atoms with van der Waals surface area (Å²) < 4.78 is 0. The third-order valence-corrected chi connectivity index (χ3v) is 2.14. The van der Waals surface area contributed by atoms with E-state index in [0.29, 0.717) is 6.54 Å². The molecule has 2 atom stereocenters. The van der Waals surface area contributed by atoms with E-state index >= 15 is 0 Å². The third kappa shape index (κ3) is 1.48. The Morgan fingerprint density at radius 1 is 1.82 bits per heavy atom. The van der Waals surface area contributed by atoms with Crippen LogP contribution in [-0.4, -0.2) is 17.6 Å². The lowest BCUT2D eigenvalue weighted by Gasteiger charge is -2.14. The maximum absolute atomic E-state index is 10.2. The molecule has 0 aromatic rings. The summed E-state index contributed by atoms with van der Waals surface area (Å²) in [6.45, 7) is 2.51. The first-order valence-corrected chi connectivity index (χ1v) is 3.81. The topological polar surface area (TPSA) is 56.5 Å². The minimum atomic E-state index is -0.00218. The first-order valence-electron chi connectivity index (χ1n) is 3.81. The van der Waals surface area contributed by atoms with E-state index in [4.69, 9.17) is 5.26 Å². The van der Waals surface area contributed by atoms with E-state index in [1.807, 2.05) is 6.92 Å². The van der Waals surface area contributed by atoms with Crippen molar-refractivity contribution >= 4 is 0 Å². The molecule has 0 aliphatic carbocycles. The average molecular weight is 153 g/mol. The average Bonchev–Trinajstić information content (AvgIpc) is 2.46. The SMILES string of the molecule is CC[C@@H]1C[C@H](C#N)CN1N=O. The van der Waals surface area contributed by atoms with E-state index < -0.39 is 0 Å². The molecule has 0 aromatic heterocycles. The molecule has 4 heteroatoms. The summed E-state index contributed by atoms with van der Waals surface area (Å²) in [4.78, 5) is 10.2. The first kappa shape index (κ1) is 7.99. The number of nitrogens with zero attached hydrogens (tertiary/aromatic N) is 3. The van der Waals surface area contributed by atoms with Gasteiger partial charge in [-0.05, 0) is 12.8 Å². The Labute approximate surface area is 65.7 Å². The highest BCUT2D eigenvalue weighted by atomic mass is 16.3. The predicted octanol–water partition coefficient (Wildman–Crippen LogP) is 1.29. The zero-order chi connectivity index (χ0) is 8.27. The molecule has 0 bridgehead atoms. The van der Waals surface area contributed by atoms with Gasteiger partial charge in [0.05, 0.1) is 29.9 Å². The van der Waals surface area contributed by atoms with Gasteiger partial charge in [0.25, 0.3) is 0 Å². The molecule has 1 heterocycles. The van der Waals surface area contributed by atoms with Gasteiger partial charge < -0.3 is 0 Å². The van der Waals surface area contributed by atoms with Crippen LogP contribution in [0.4, 0.5) is 0 Å². The zero-order valence-electron chi connectivity index (χ0n) is 6.53. The van der Waals surface area contributed by atoms with Crippen LogP contribution in [0.25, 0.3) is 0 Å². The second-order valence-corrected chi connectivity index (χ2v) is 2.83.